The fourth-order valence-corrected chi connectivity index (χ4v) is 4.46. The van der Waals surface area contributed by atoms with E-state index in [-0.39, 0.29) is 5.97 Å². The van der Waals surface area contributed by atoms with Gasteiger partial charge in [-0.15, -0.1) is 0 Å². The maximum absolute atomic E-state index is 11.9. The topological polar surface area (TPSA) is 50.4 Å². The molecule has 2 saturated heterocycles. The van der Waals surface area contributed by atoms with E-state index in [1.165, 1.54) is 32.8 Å². The van der Waals surface area contributed by atoms with Gasteiger partial charge in [0.25, 0.3) is 0 Å². The second kappa shape index (κ2) is 8.11. The minimum Gasteiger partial charge on any atom is -0.469 e. The predicted octanol–water partition coefficient (Wildman–Crippen LogP) is 2.28. The van der Waals surface area contributed by atoms with Crippen LogP contribution < -0.4 is 10.6 Å². The summed E-state index contributed by atoms with van der Waals surface area (Å²) in [5.74, 6) is 2.29. The minimum absolute atomic E-state index is 0.0508. The van der Waals surface area contributed by atoms with E-state index in [4.69, 9.17) is 4.74 Å². The fraction of sp³-hybridized carbons (Fsp3) is 0.737. The monoisotopic (exact) mass is 318 g/mol. The summed E-state index contributed by atoms with van der Waals surface area (Å²) in [5, 5.41) is 7.11. The Balaban J connectivity index is 1.63. The molecule has 128 valence electrons. The molecule has 4 nitrogen and oxygen atoms in total. The molecule has 0 aromatic heterocycles. The molecular formula is C19H30N2O2. The molecule has 23 heavy (non-hydrogen) atoms. The summed E-state index contributed by atoms with van der Waals surface area (Å²) in [6.07, 6.45) is 14.3. The Bertz CT molecular complexity index is 454. The van der Waals surface area contributed by atoms with Crippen LogP contribution in [0, 0.1) is 23.7 Å². The molecule has 2 N–H and O–H groups in total. The lowest BCUT2D eigenvalue weighted by molar-refractivity contribution is -0.142. The van der Waals surface area contributed by atoms with Crippen LogP contribution in [0.1, 0.15) is 32.1 Å². The van der Waals surface area contributed by atoms with Crippen LogP contribution in [-0.2, 0) is 9.53 Å². The van der Waals surface area contributed by atoms with Gasteiger partial charge in [-0.05, 0) is 69.0 Å². The van der Waals surface area contributed by atoms with E-state index in [0.29, 0.717) is 30.2 Å². The first-order valence-electron chi connectivity index (χ1n) is 9.12. The van der Waals surface area contributed by atoms with Gasteiger partial charge in [-0.1, -0.05) is 24.3 Å². The maximum Gasteiger partial charge on any atom is 0.305 e. The number of methoxy groups -OCH3 is 1. The van der Waals surface area contributed by atoms with Crippen LogP contribution in [0.25, 0.3) is 0 Å². The highest BCUT2D eigenvalue weighted by Crippen LogP contribution is 2.36. The van der Waals surface area contributed by atoms with Crippen LogP contribution in [0.3, 0.4) is 0 Å². The summed E-state index contributed by atoms with van der Waals surface area (Å²) < 4.78 is 4.97. The van der Waals surface area contributed by atoms with Crippen molar-refractivity contribution in [3.63, 3.8) is 0 Å². The highest BCUT2D eigenvalue weighted by Gasteiger charge is 2.34. The average Bonchev–Trinajstić information content (AvgIpc) is 2.61. The van der Waals surface area contributed by atoms with Gasteiger partial charge in [0, 0.05) is 12.5 Å². The maximum atomic E-state index is 11.9. The van der Waals surface area contributed by atoms with Crippen molar-refractivity contribution < 1.29 is 9.53 Å². The summed E-state index contributed by atoms with van der Waals surface area (Å²) in [5.41, 5.74) is 0. The van der Waals surface area contributed by atoms with Crippen molar-refractivity contribution in [2.75, 3.05) is 26.7 Å². The summed E-state index contributed by atoms with van der Waals surface area (Å²) >= 11 is 0. The highest BCUT2D eigenvalue weighted by molar-refractivity contribution is 5.69. The standard InChI is InChI=1S/C19H30N2O2/c1-23-19(22)12-16(10-14-6-8-20-9-7-14)17-11-15-4-2-3-5-18(15)21-13-17/h2-5,14-18,20-21H,6-13H2,1H3/t15?,16-,17-,18?/m0/s1. The number of ether oxygens (including phenoxy) is 1. The van der Waals surface area contributed by atoms with Gasteiger partial charge in [0.05, 0.1) is 7.11 Å². The second-order valence-electron chi connectivity index (χ2n) is 7.33. The normalized spacial score (nSPS) is 32.3. The van der Waals surface area contributed by atoms with E-state index < -0.39 is 0 Å². The predicted molar refractivity (Wildman–Crippen MR) is 92.0 cm³/mol. The molecule has 4 atom stereocenters. The van der Waals surface area contributed by atoms with Crippen molar-refractivity contribution in [1.29, 1.82) is 0 Å². The van der Waals surface area contributed by atoms with E-state index in [0.717, 1.165) is 25.6 Å². The summed E-state index contributed by atoms with van der Waals surface area (Å²) in [4.78, 5) is 11.9. The molecule has 0 radical (unpaired) electrons. The number of esters is 1. The molecule has 0 bridgehead atoms. The third-order valence-corrected chi connectivity index (χ3v) is 5.86. The zero-order chi connectivity index (χ0) is 16.1. The van der Waals surface area contributed by atoms with Crippen molar-refractivity contribution in [3.8, 4) is 0 Å². The van der Waals surface area contributed by atoms with E-state index in [9.17, 15) is 4.79 Å². The summed E-state index contributed by atoms with van der Waals surface area (Å²) in [7, 11) is 1.51. The van der Waals surface area contributed by atoms with Crippen molar-refractivity contribution in [3.05, 3.63) is 24.3 Å². The van der Waals surface area contributed by atoms with Crippen LogP contribution in [0.2, 0.25) is 0 Å². The van der Waals surface area contributed by atoms with Crippen LogP contribution in [0.15, 0.2) is 24.3 Å². The van der Waals surface area contributed by atoms with Crippen LogP contribution in [0.5, 0.6) is 0 Å². The van der Waals surface area contributed by atoms with E-state index in [1.54, 1.807) is 0 Å². The molecule has 3 rings (SSSR count). The number of allylic oxidation sites excluding steroid dienone is 2. The lowest BCUT2D eigenvalue weighted by atomic mass is 9.72. The SMILES string of the molecule is COC(=O)C[C@H](CC1CCNCC1)[C@@H]1CNC2C=CC=CC2C1. The van der Waals surface area contributed by atoms with Gasteiger partial charge in [-0.25, -0.2) is 0 Å². The number of carbonyl (C=O) groups is 1. The molecule has 2 heterocycles. The van der Waals surface area contributed by atoms with Gasteiger partial charge in [0.15, 0.2) is 0 Å². The first-order valence-corrected chi connectivity index (χ1v) is 9.12. The van der Waals surface area contributed by atoms with Gasteiger partial charge in [-0.3, -0.25) is 4.79 Å². The van der Waals surface area contributed by atoms with Gasteiger partial charge in [0.2, 0.25) is 0 Å². The number of piperidine rings is 2. The lowest BCUT2D eigenvalue weighted by Crippen LogP contribution is -2.47. The van der Waals surface area contributed by atoms with E-state index >= 15 is 0 Å². The third-order valence-electron chi connectivity index (χ3n) is 5.86. The first kappa shape index (κ1) is 16.7. The number of carbonyl (C=O) groups excluding carboxylic acids is 1. The number of hydrogen-bond donors (Lipinski definition) is 2. The minimum atomic E-state index is -0.0508. The Morgan fingerprint density at radius 2 is 2.04 bits per heavy atom. The smallest absolute Gasteiger partial charge is 0.305 e. The molecule has 2 fully saturated rings. The number of rotatable bonds is 5. The van der Waals surface area contributed by atoms with Crippen LogP contribution in [0.4, 0.5) is 0 Å². The molecule has 0 amide bonds. The molecule has 0 aromatic carbocycles. The van der Waals surface area contributed by atoms with Crippen molar-refractivity contribution in [2.24, 2.45) is 23.7 Å². The van der Waals surface area contributed by atoms with Crippen molar-refractivity contribution >= 4 is 5.97 Å². The molecule has 4 heteroatoms. The van der Waals surface area contributed by atoms with Crippen molar-refractivity contribution in [2.45, 2.75) is 38.1 Å². The Labute approximate surface area is 139 Å². The first-order chi connectivity index (χ1) is 11.3. The molecule has 2 unspecified atom stereocenters. The zero-order valence-electron chi connectivity index (χ0n) is 14.2. The van der Waals surface area contributed by atoms with Gasteiger partial charge < -0.3 is 15.4 Å². The Hall–Kier alpha value is -1.13. The average molecular weight is 318 g/mol. The fourth-order valence-electron chi connectivity index (χ4n) is 4.46. The zero-order valence-corrected chi connectivity index (χ0v) is 14.2. The number of hydrogen-bond acceptors (Lipinski definition) is 4. The molecule has 3 aliphatic rings. The number of fused-ring (bicyclic) bond motifs is 1. The molecular weight excluding hydrogens is 288 g/mol. The second-order valence-corrected chi connectivity index (χ2v) is 7.33. The van der Waals surface area contributed by atoms with Crippen molar-refractivity contribution in [1.82, 2.24) is 10.6 Å². The number of nitrogens with one attached hydrogen (secondary N) is 2. The molecule has 1 aliphatic carbocycles. The summed E-state index contributed by atoms with van der Waals surface area (Å²) in [6, 6.07) is 0.480. The quantitative estimate of drug-likeness (QED) is 0.764. The Morgan fingerprint density at radius 1 is 1.26 bits per heavy atom. The molecule has 0 aromatic rings. The highest BCUT2D eigenvalue weighted by atomic mass is 16.5. The van der Waals surface area contributed by atoms with Gasteiger partial charge in [0.1, 0.15) is 0 Å². The largest absolute Gasteiger partial charge is 0.469 e. The Morgan fingerprint density at radius 3 is 2.83 bits per heavy atom. The van der Waals surface area contributed by atoms with Crippen LogP contribution in [-0.4, -0.2) is 38.8 Å². The van der Waals surface area contributed by atoms with Gasteiger partial charge >= 0.3 is 5.97 Å². The molecule has 2 aliphatic heterocycles. The lowest BCUT2D eigenvalue weighted by Gasteiger charge is -2.40. The van der Waals surface area contributed by atoms with E-state index in [2.05, 4.69) is 34.9 Å². The summed E-state index contributed by atoms with van der Waals surface area (Å²) in [6.45, 7) is 3.26. The van der Waals surface area contributed by atoms with Gasteiger partial charge in [-0.2, -0.15) is 0 Å². The Kier molecular flexibility index (Phi) is 5.90. The molecule has 0 saturated carbocycles. The van der Waals surface area contributed by atoms with E-state index in [1.807, 2.05) is 0 Å². The van der Waals surface area contributed by atoms with Crippen LogP contribution >= 0.6 is 0 Å². The third kappa shape index (κ3) is 4.45. The molecule has 0 spiro atoms.